The van der Waals surface area contributed by atoms with Crippen molar-refractivity contribution in [1.82, 2.24) is 25.1 Å². The van der Waals surface area contributed by atoms with Crippen LogP contribution in [0.4, 0.5) is 11.4 Å². The number of aromatic nitrogens is 5. The van der Waals surface area contributed by atoms with Crippen LogP contribution < -0.4 is 10.2 Å². The second kappa shape index (κ2) is 9.03. The number of carbonyl (C=O) groups excluding carboxylic acids is 1. The van der Waals surface area contributed by atoms with Gasteiger partial charge in [0, 0.05) is 53.4 Å². The van der Waals surface area contributed by atoms with Crippen LogP contribution in [0.3, 0.4) is 0 Å². The summed E-state index contributed by atoms with van der Waals surface area (Å²) in [7, 11) is 0. The quantitative estimate of drug-likeness (QED) is 0.284. The first-order valence-electron chi connectivity index (χ1n) is 13.2. The van der Waals surface area contributed by atoms with Gasteiger partial charge in [-0.2, -0.15) is 5.10 Å². The summed E-state index contributed by atoms with van der Waals surface area (Å²) in [6.45, 7) is 2.17. The third kappa shape index (κ3) is 4.02. The number of piperidine rings is 1. The van der Waals surface area contributed by atoms with Gasteiger partial charge in [0.05, 0.1) is 23.1 Å². The zero-order valence-electron chi connectivity index (χ0n) is 20.6. The lowest BCUT2D eigenvalue weighted by Gasteiger charge is -2.29. The number of hydrogen-bond acceptors (Lipinski definition) is 5. The minimum absolute atomic E-state index is 0.0918. The molecule has 2 aliphatic rings. The molecule has 0 radical (unpaired) electrons. The number of nitrogens with zero attached hydrogens (tertiary/aromatic N) is 4. The Morgan fingerprint density at radius 3 is 2.68 bits per heavy atom. The minimum Gasteiger partial charge on any atom is -0.371 e. The van der Waals surface area contributed by atoms with Crippen molar-refractivity contribution in [2.45, 2.75) is 38.5 Å². The van der Waals surface area contributed by atoms with Crippen molar-refractivity contribution in [1.29, 1.82) is 0 Å². The molecule has 7 rings (SSSR count). The number of fused-ring (bicyclic) bond motifs is 2. The highest BCUT2D eigenvalue weighted by molar-refractivity contribution is 6.00. The summed E-state index contributed by atoms with van der Waals surface area (Å²) in [6.07, 6.45) is 12.3. The van der Waals surface area contributed by atoms with E-state index in [2.05, 4.69) is 59.6 Å². The highest BCUT2D eigenvalue weighted by Crippen LogP contribution is 2.35. The molecule has 8 heteroatoms. The molecule has 5 aromatic rings. The first kappa shape index (κ1) is 22.0. The number of hydrogen-bond donors (Lipinski definition) is 3. The van der Waals surface area contributed by atoms with Crippen LogP contribution in [0.5, 0.6) is 0 Å². The molecule has 0 unspecified atom stereocenters. The Labute approximate surface area is 214 Å². The van der Waals surface area contributed by atoms with Gasteiger partial charge >= 0.3 is 0 Å². The Kier molecular flexibility index (Phi) is 5.38. The zero-order chi connectivity index (χ0) is 24.8. The van der Waals surface area contributed by atoms with Gasteiger partial charge in [0.15, 0.2) is 0 Å². The summed E-state index contributed by atoms with van der Waals surface area (Å²) >= 11 is 0. The highest BCUT2D eigenvalue weighted by atomic mass is 16.1. The topological polar surface area (TPSA) is 103 Å². The molecule has 0 bridgehead atoms. The van der Waals surface area contributed by atoms with E-state index in [1.807, 2.05) is 24.5 Å². The number of rotatable bonds is 5. The monoisotopic (exact) mass is 491 g/mol. The molecule has 0 spiro atoms. The molecule has 5 heterocycles. The van der Waals surface area contributed by atoms with E-state index in [1.54, 1.807) is 6.20 Å². The zero-order valence-corrected chi connectivity index (χ0v) is 20.6. The van der Waals surface area contributed by atoms with E-state index in [0.29, 0.717) is 0 Å². The second-order valence-corrected chi connectivity index (χ2v) is 10.2. The summed E-state index contributed by atoms with van der Waals surface area (Å²) in [4.78, 5) is 27.4. The predicted molar refractivity (Wildman–Crippen MR) is 146 cm³/mol. The summed E-state index contributed by atoms with van der Waals surface area (Å²) < 4.78 is 0. The maximum atomic E-state index is 12.4. The van der Waals surface area contributed by atoms with Crippen molar-refractivity contribution in [3.63, 3.8) is 0 Å². The first-order valence-corrected chi connectivity index (χ1v) is 13.2. The van der Waals surface area contributed by atoms with Crippen LogP contribution in [0, 0.1) is 5.92 Å². The first-order chi connectivity index (χ1) is 18.2. The van der Waals surface area contributed by atoms with Gasteiger partial charge in [0.2, 0.25) is 5.91 Å². The number of nitrogens with one attached hydrogen (secondary N) is 3. The Balaban J connectivity index is 1.23. The van der Waals surface area contributed by atoms with Crippen LogP contribution >= 0.6 is 0 Å². The van der Waals surface area contributed by atoms with Crippen LogP contribution in [-0.2, 0) is 4.79 Å². The Morgan fingerprint density at radius 1 is 0.946 bits per heavy atom. The van der Waals surface area contributed by atoms with Crippen LogP contribution in [-0.4, -0.2) is 44.1 Å². The number of benzene rings is 1. The lowest BCUT2D eigenvalue weighted by molar-refractivity contribution is -0.122. The van der Waals surface area contributed by atoms with E-state index in [-0.39, 0.29) is 11.8 Å². The van der Waals surface area contributed by atoms with Gasteiger partial charge in [-0.25, -0.2) is 4.98 Å². The number of pyridine rings is 2. The van der Waals surface area contributed by atoms with Gasteiger partial charge in [-0.15, -0.1) is 0 Å². The fourth-order valence-corrected chi connectivity index (χ4v) is 5.53. The van der Waals surface area contributed by atoms with Crippen molar-refractivity contribution in [2.75, 3.05) is 23.3 Å². The van der Waals surface area contributed by atoms with E-state index >= 15 is 0 Å². The average molecular weight is 492 g/mol. The highest BCUT2D eigenvalue weighted by Gasteiger charge is 2.25. The summed E-state index contributed by atoms with van der Waals surface area (Å²) in [5.41, 5.74) is 7.58. The predicted octanol–water partition coefficient (Wildman–Crippen LogP) is 5.90. The van der Waals surface area contributed by atoms with Crippen LogP contribution in [0.15, 0.2) is 55.0 Å². The molecule has 8 nitrogen and oxygen atoms in total. The normalized spacial score (nSPS) is 16.3. The molecule has 1 aromatic carbocycles. The third-order valence-corrected chi connectivity index (χ3v) is 7.84. The van der Waals surface area contributed by atoms with Crippen molar-refractivity contribution >= 4 is 39.2 Å². The SMILES string of the molecule is O=C(Nc1cncc(-c2ccc3[nH]nc(-c4cc5c(N6CCCCC6)ccnc5[nH]4)c3c2)c1)C1CCC1. The molecule has 1 saturated heterocycles. The number of anilines is 2. The fourth-order valence-electron chi connectivity index (χ4n) is 5.53. The molecule has 2 fully saturated rings. The summed E-state index contributed by atoms with van der Waals surface area (Å²) in [5, 5.41) is 13.0. The molecule has 186 valence electrons. The van der Waals surface area contributed by atoms with E-state index < -0.39 is 0 Å². The fraction of sp³-hybridized carbons (Fsp3) is 0.310. The number of amides is 1. The third-order valence-electron chi connectivity index (χ3n) is 7.84. The number of aromatic amines is 2. The molecular formula is C29H29N7O. The Morgan fingerprint density at radius 2 is 1.84 bits per heavy atom. The van der Waals surface area contributed by atoms with Crippen LogP contribution in [0.25, 0.3) is 44.5 Å². The summed E-state index contributed by atoms with van der Waals surface area (Å²) in [5.74, 6) is 0.226. The van der Waals surface area contributed by atoms with E-state index in [1.165, 1.54) is 24.9 Å². The van der Waals surface area contributed by atoms with Gasteiger partial charge in [0.25, 0.3) is 0 Å². The van der Waals surface area contributed by atoms with Gasteiger partial charge in [-0.3, -0.25) is 14.9 Å². The molecule has 1 saturated carbocycles. The molecule has 1 amide bonds. The Bertz CT molecular complexity index is 1610. The maximum absolute atomic E-state index is 12.4. The summed E-state index contributed by atoms with van der Waals surface area (Å²) in [6, 6.07) is 12.5. The smallest absolute Gasteiger partial charge is 0.227 e. The van der Waals surface area contributed by atoms with Gasteiger partial charge in [-0.05, 0) is 68.0 Å². The molecule has 1 aliphatic carbocycles. The number of H-pyrrole nitrogens is 2. The average Bonchev–Trinajstić information content (AvgIpc) is 3.52. The molecule has 1 aliphatic heterocycles. The van der Waals surface area contributed by atoms with Gasteiger partial charge in [-0.1, -0.05) is 12.5 Å². The van der Waals surface area contributed by atoms with Crippen molar-refractivity contribution < 1.29 is 4.79 Å². The molecule has 37 heavy (non-hydrogen) atoms. The van der Waals surface area contributed by atoms with Crippen LogP contribution in [0.2, 0.25) is 0 Å². The van der Waals surface area contributed by atoms with Crippen molar-refractivity contribution in [3.05, 3.63) is 55.0 Å². The lowest BCUT2D eigenvalue weighted by Crippen LogP contribution is -2.29. The van der Waals surface area contributed by atoms with E-state index in [0.717, 1.165) is 82.5 Å². The molecule has 0 atom stereocenters. The molecule has 3 N–H and O–H groups in total. The standard InChI is InChI=1S/C29H29N7O/c37-29(18-5-4-6-18)32-21-13-20(16-30-17-21)19-7-8-24-22(14-19)27(35-34-24)25-15-23-26(9-10-31-28(23)33-25)36-11-2-1-3-12-36/h7-10,13-18H,1-6,11-12H2,(H,31,33)(H,32,37)(H,34,35). The lowest BCUT2D eigenvalue weighted by atomic mass is 9.85. The van der Waals surface area contributed by atoms with E-state index in [9.17, 15) is 4.79 Å². The minimum atomic E-state index is 0.0918. The maximum Gasteiger partial charge on any atom is 0.227 e. The van der Waals surface area contributed by atoms with E-state index in [4.69, 9.17) is 0 Å². The molecular weight excluding hydrogens is 462 g/mol. The second-order valence-electron chi connectivity index (χ2n) is 10.2. The van der Waals surface area contributed by atoms with Crippen LogP contribution in [0.1, 0.15) is 38.5 Å². The van der Waals surface area contributed by atoms with Gasteiger partial charge < -0.3 is 15.2 Å². The molecule has 4 aromatic heterocycles. The van der Waals surface area contributed by atoms with Crippen molar-refractivity contribution in [3.8, 4) is 22.5 Å². The number of carbonyl (C=O) groups is 1. The Hall–Kier alpha value is -4.20. The van der Waals surface area contributed by atoms with Gasteiger partial charge in [0.1, 0.15) is 11.3 Å². The largest absolute Gasteiger partial charge is 0.371 e. The van der Waals surface area contributed by atoms with Crippen molar-refractivity contribution in [2.24, 2.45) is 5.92 Å².